The first-order valence-corrected chi connectivity index (χ1v) is 6.35. The summed E-state index contributed by atoms with van der Waals surface area (Å²) in [6.07, 6.45) is 0. The predicted octanol–water partition coefficient (Wildman–Crippen LogP) is 4.07. The van der Waals surface area contributed by atoms with Crippen molar-refractivity contribution >= 4 is 28.4 Å². The van der Waals surface area contributed by atoms with Crippen molar-refractivity contribution in [3.8, 4) is 17.2 Å². The monoisotopic (exact) mass is 304 g/mol. The molecule has 2 aromatic carbocycles. The van der Waals surface area contributed by atoms with Gasteiger partial charge >= 0.3 is 0 Å². The van der Waals surface area contributed by atoms with E-state index < -0.39 is 4.92 Å². The molecule has 1 aromatic heterocycles. The predicted molar refractivity (Wildman–Crippen MR) is 77.7 cm³/mol. The molecule has 0 amide bonds. The maximum Gasteiger partial charge on any atom is 0.273 e. The summed E-state index contributed by atoms with van der Waals surface area (Å²) in [7, 11) is 1.53. The van der Waals surface area contributed by atoms with Crippen LogP contribution in [0.3, 0.4) is 0 Å². The van der Waals surface area contributed by atoms with Crippen molar-refractivity contribution in [3.63, 3.8) is 0 Å². The number of hydrogen-bond donors (Lipinski definition) is 0. The molecule has 21 heavy (non-hydrogen) atoms. The lowest BCUT2D eigenvalue weighted by Crippen LogP contribution is -1.86. The van der Waals surface area contributed by atoms with Gasteiger partial charge < -0.3 is 9.15 Å². The van der Waals surface area contributed by atoms with E-state index in [1.165, 1.54) is 19.2 Å². The number of halogens is 1. The fraction of sp³-hybridized carbons (Fsp3) is 0.0714. The number of fused-ring (bicyclic) bond motifs is 1. The molecule has 0 N–H and O–H groups in total. The number of aromatic nitrogens is 1. The van der Waals surface area contributed by atoms with Crippen molar-refractivity contribution in [3.05, 3.63) is 51.5 Å². The van der Waals surface area contributed by atoms with Crippen LogP contribution in [0.2, 0.25) is 5.02 Å². The van der Waals surface area contributed by atoms with Gasteiger partial charge in [-0.2, -0.15) is 0 Å². The van der Waals surface area contributed by atoms with Crippen LogP contribution in [0.25, 0.3) is 22.6 Å². The molecule has 6 nitrogen and oxygen atoms in total. The van der Waals surface area contributed by atoms with E-state index in [-0.39, 0.29) is 5.69 Å². The number of ether oxygens (including phenoxy) is 1. The Balaban J connectivity index is 2.08. The summed E-state index contributed by atoms with van der Waals surface area (Å²) in [5.74, 6) is 0.891. The van der Waals surface area contributed by atoms with Gasteiger partial charge in [-0.3, -0.25) is 10.1 Å². The molecular formula is C14H9ClN2O4. The molecule has 0 bridgehead atoms. The van der Waals surface area contributed by atoms with Gasteiger partial charge in [0, 0.05) is 11.6 Å². The van der Waals surface area contributed by atoms with E-state index >= 15 is 0 Å². The van der Waals surface area contributed by atoms with E-state index in [9.17, 15) is 10.1 Å². The van der Waals surface area contributed by atoms with Crippen LogP contribution in [0.4, 0.5) is 5.69 Å². The van der Waals surface area contributed by atoms with Gasteiger partial charge in [0.2, 0.25) is 5.89 Å². The molecule has 106 valence electrons. The highest BCUT2D eigenvalue weighted by Crippen LogP contribution is 2.32. The zero-order valence-corrected chi connectivity index (χ0v) is 11.6. The number of non-ortho nitro benzene ring substituents is 1. The Hall–Kier alpha value is -2.60. The third kappa shape index (κ3) is 2.41. The second kappa shape index (κ2) is 5.06. The van der Waals surface area contributed by atoms with E-state index in [2.05, 4.69) is 4.98 Å². The summed E-state index contributed by atoms with van der Waals surface area (Å²) >= 11 is 6.06. The van der Waals surface area contributed by atoms with E-state index in [0.717, 1.165) is 0 Å². The van der Waals surface area contributed by atoms with Crippen molar-refractivity contribution < 1.29 is 14.1 Å². The highest BCUT2D eigenvalue weighted by Gasteiger charge is 2.14. The lowest BCUT2D eigenvalue weighted by Gasteiger charge is -2.03. The van der Waals surface area contributed by atoms with Crippen LogP contribution in [-0.2, 0) is 0 Å². The van der Waals surface area contributed by atoms with Crippen LogP contribution in [0.5, 0.6) is 5.75 Å². The van der Waals surface area contributed by atoms with Crippen LogP contribution in [-0.4, -0.2) is 17.0 Å². The molecule has 0 saturated carbocycles. The van der Waals surface area contributed by atoms with Crippen LogP contribution in [0, 0.1) is 10.1 Å². The van der Waals surface area contributed by atoms with Crippen LogP contribution >= 0.6 is 11.6 Å². The molecule has 0 aliphatic heterocycles. The summed E-state index contributed by atoms with van der Waals surface area (Å²) in [5, 5.41) is 11.2. The molecule has 0 aliphatic carbocycles. The van der Waals surface area contributed by atoms with Gasteiger partial charge in [0.25, 0.3) is 5.69 Å². The summed E-state index contributed by atoms with van der Waals surface area (Å²) in [6.45, 7) is 0. The molecular weight excluding hydrogens is 296 g/mol. The van der Waals surface area contributed by atoms with E-state index in [0.29, 0.717) is 33.3 Å². The van der Waals surface area contributed by atoms with Gasteiger partial charge in [0.15, 0.2) is 5.58 Å². The highest BCUT2D eigenvalue weighted by atomic mass is 35.5. The second-order valence-electron chi connectivity index (χ2n) is 4.28. The number of methoxy groups -OCH3 is 1. The maximum absolute atomic E-state index is 10.7. The van der Waals surface area contributed by atoms with Crippen LogP contribution in [0.15, 0.2) is 40.8 Å². The third-order valence-corrected chi connectivity index (χ3v) is 3.28. The van der Waals surface area contributed by atoms with Gasteiger partial charge in [-0.05, 0) is 24.3 Å². The average molecular weight is 305 g/mol. The molecule has 0 saturated heterocycles. The van der Waals surface area contributed by atoms with Gasteiger partial charge in [0.1, 0.15) is 11.3 Å². The van der Waals surface area contributed by atoms with Gasteiger partial charge in [-0.1, -0.05) is 11.6 Å². The zero-order valence-electron chi connectivity index (χ0n) is 10.9. The molecule has 1 heterocycles. The Morgan fingerprint density at radius 1 is 1.29 bits per heavy atom. The molecule has 0 atom stereocenters. The summed E-state index contributed by atoms with van der Waals surface area (Å²) in [6, 6.07) is 9.40. The first-order valence-electron chi connectivity index (χ1n) is 5.97. The lowest BCUT2D eigenvalue weighted by molar-refractivity contribution is -0.384. The van der Waals surface area contributed by atoms with E-state index in [4.69, 9.17) is 20.8 Å². The molecule has 0 spiro atoms. The molecule has 0 radical (unpaired) electrons. The van der Waals surface area contributed by atoms with Gasteiger partial charge in [-0.15, -0.1) is 0 Å². The van der Waals surface area contributed by atoms with Crippen LogP contribution in [0.1, 0.15) is 0 Å². The maximum atomic E-state index is 10.7. The number of hydrogen-bond acceptors (Lipinski definition) is 5. The molecule has 3 aromatic rings. The van der Waals surface area contributed by atoms with Crippen molar-refractivity contribution in [1.29, 1.82) is 0 Å². The number of nitro groups is 1. The topological polar surface area (TPSA) is 78.4 Å². The smallest absolute Gasteiger partial charge is 0.273 e. The Bertz CT molecular complexity index is 844. The Morgan fingerprint density at radius 2 is 2.10 bits per heavy atom. The quantitative estimate of drug-likeness (QED) is 0.538. The largest absolute Gasteiger partial charge is 0.495 e. The van der Waals surface area contributed by atoms with Crippen LogP contribution < -0.4 is 4.74 Å². The Labute approximate surface area is 124 Å². The van der Waals surface area contributed by atoms with Gasteiger partial charge in [0.05, 0.1) is 23.1 Å². The first kappa shape index (κ1) is 13.4. The summed E-state index contributed by atoms with van der Waals surface area (Å²) in [5.41, 5.74) is 1.52. The molecule has 0 aliphatic rings. The molecule has 0 fully saturated rings. The number of nitro benzene ring substituents is 1. The number of oxazole rings is 1. The van der Waals surface area contributed by atoms with Crippen molar-refractivity contribution in [1.82, 2.24) is 4.98 Å². The van der Waals surface area contributed by atoms with E-state index in [1.54, 1.807) is 24.3 Å². The summed E-state index contributed by atoms with van der Waals surface area (Å²) in [4.78, 5) is 14.6. The minimum atomic E-state index is -0.480. The Kier molecular flexibility index (Phi) is 3.23. The van der Waals surface area contributed by atoms with Crippen molar-refractivity contribution in [2.45, 2.75) is 0 Å². The minimum Gasteiger partial charge on any atom is -0.495 e. The normalized spacial score (nSPS) is 10.8. The van der Waals surface area contributed by atoms with E-state index in [1.807, 2.05) is 0 Å². The SMILES string of the molecule is COc1ccc(-c2nc3ccc([N+](=O)[O-])cc3o2)cc1Cl. The molecule has 7 heteroatoms. The third-order valence-electron chi connectivity index (χ3n) is 2.98. The molecule has 3 rings (SSSR count). The second-order valence-corrected chi connectivity index (χ2v) is 4.68. The zero-order chi connectivity index (χ0) is 15.0. The standard InChI is InChI=1S/C14H9ClN2O4/c1-20-12-5-2-8(6-10(12)15)14-16-11-4-3-9(17(18)19)7-13(11)21-14/h2-7H,1H3. The van der Waals surface area contributed by atoms with Crippen molar-refractivity contribution in [2.24, 2.45) is 0 Å². The average Bonchev–Trinajstić information content (AvgIpc) is 2.89. The van der Waals surface area contributed by atoms with Crippen molar-refractivity contribution in [2.75, 3.05) is 7.11 Å². The number of benzene rings is 2. The summed E-state index contributed by atoms with van der Waals surface area (Å²) < 4.78 is 10.6. The minimum absolute atomic E-state index is 0.0436. The number of nitrogens with zero attached hydrogens (tertiary/aromatic N) is 2. The lowest BCUT2D eigenvalue weighted by atomic mass is 10.2. The fourth-order valence-corrected chi connectivity index (χ4v) is 2.21. The fourth-order valence-electron chi connectivity index (χ4n) is 1.95. The molecule has 0 unspecified atom stereocenters. The first-order chi connectivity index (χ1) is 10.1. The number of rotatable bonds is 3. The highest BCUT2D eigenvalue weighted by molar-refractivity contribution is 6.32. The Morgan fingerprint density at radius 3 is 2.76 bits per heavy atom. The van der Waals surface area contributed by atoms with Gasteiger partial charge in [-0.25, -0.2) is 4.98 Å².